The molecule has 1 fully saturated rings. The van der Waals surface area contributed by atoms with E-state index in [4.69, 9.17) is 4.74 Å². The minimum atomic E-state index is -0.696. The number of fused-ring (bicyclic) bond motifs is 1. The molecule has 2 aromatic rings. The summed E-state index contributed by atoms with van der Waals surface area (Å²) in [5, 5.41) is 3.12. The van der Waals surface area contributed by atoms with Gasteiger partial charge in [-0.3, -0.25) is 4.79 Å². The number of hydrogen-bond acceptors (Lipinski definition) is 2. The number of nitrogens with one attached hydrogen (secondary N) is 1. The summed E-state index contributed by atoms with van der Waals surface area (Å²) in [7, 11) is 0. The Kier molecular flexibility index (Phi) is 3.33. The highest BCUT2D eigenvalue weighted by molar-refractivity contribution is 5.91. The summed E-state index contributed by atoms with van der Waals surface area (Å²) in [5.74, 6) is 0.441. The zero-order valence-corrected chi connectivity index (χ0v) is 12.7. The summed E-state index contributed by atoms with van der Waals surface area (Å²) in [4.78, 5) is 12.8. The van der Waals surface area contributed by atoms with Crippen molar-refractivity contribution in [2.45, 2.75) is 30.7 Å². The number of carbonyl (C=O) groups excluding carboxylic acids is 1. The lowest BCUT2D eigenvalue weighted by Crippen LogP contribution is -2.39. The van der Waals surface area contributed by atoms with E-state index in [2.05, 4.69) is 5.32 Å². The molecule has 2 aliphatic rings. The second-order valence-corrected chi connectivity index (χ2v) is 6.26. The van der Waals surface area contributed by atoms with Crippen molar-refractivity contribution in [3.05, 3.63) is 65.5 Å². The van der Waals surface area contributed by atoms with Crippen molar-refractivity contribution >= 4 is 5.91 Å². The number of rotatable bonds is 3. The minimum Gasteiger partial charge on any atom is -0.493 e. The van der Waals surface area contributed by atoms with Gasteiger partial charge in [0.25, 0.3) is 0 Å². The van der Waals surface area contributed by atoms with E-state index in [-0.39, 0.29) is 17.8 Å². The third kappa shape index (κ3) is 2.38. The van der Waals surface area contributed by atoms with Crippen molar-refractivity contribution in [1.82, 2.24) is 5.32 Å². The lowest BCUT2D eigenvalue weighted by Gasteiger charge is -2.28. The standard InChI is InChI=1S/C19H18FNO2/c20-15-7-3-2-6-14(15)19(10-11-19)18(22)21-16-9-12-23-17-8-4-1-5-13(16)17/h1-8,16H,9-12H2,(H,21,22)/t16-/m1/s1. The molecule has 1 atom stereocenters. The van der Waals surface area contributed by atoms with Crippen LogP contribution in [0.2, 0.25) is 0 Å². The number of hydrogen-bond donors (Lipinski definition) is 1. The van der Waals surface area contributed by atoms with E-state index in [1.54, 1.807) is 18.2 Å². The Bertz CT molecular complexity index is 755. The van der Waals surface area contributed by atoms with Crippen molar-refractivity contribution < 1.29 is 13.9 Å². The summed E-state index contributed by atoms with van der Waals surface area (Å²) >= 11 is 0. The van der Waals surface area contributed by atoms with Crippen molar-refractivity contribution in [1.29, 1.82) is 0 Å². The molecule has 0 aromatic heterocycles. The fraction of sp³-hybridized carbons (Fsp3) is 0.316. The van der Waals surface area contributed by atoms with Gasteiger partial charge in [0.15, 0.2) is 0 Å². The van der Waals surface area contributed by atoms with Crippen LogP contribution in [0.1, 0.15) is 36.4 Å². The van der Waals surface area contributed by atoms with Crippen LogP contribution in [-0.4, -0.2) is 12.5 Å². The highest BCUT2D eigenvalue weighted by Crippen LogP contribution is 2.49. The Hall–Kier alpha value is -2.36. The van der Waals surface area contributed by atoms with Gasteiger partial charge in [-0.05, 0) is 25.0 Å². The van der Waals surface area contributed by atoms with E-state index in [0.717, 1.165) is 17.7 Å². The highest BCUT2D eigenvalue weighted by atomic mass is 19.1. The molecule has 1 heterocycles. The van der Waals surface area contributed by atoms with Crippen LogP contribution < -0.4 is 10.1 Å². The normalized spacial score (nSPS) is 21.0. The van der Waals surface area contributed by atoms with Crippen molar-refractivity contribution in [2.24, 2.45) is 0 Å². The Labute approximate surface area is 134 Å². The van der Waals surface area contributed by atoms with E-state index in [1.165, 1.54) is 6.07 Å². The van der Waals surface area contributed by atoms with Gasteiger partial charge in [-0.15, -0.1) is 0 Å². The maximum Gasteiger partial charge on any atom is 0.231 e. The monoisotopic (exact) mass is 311 g/mol. The first-order valence-electron chi connectivity index (χ1n) is 7.98. The largest absolute Gasteiger partial charge is 0.493 e. The van der Waals surface area contributed by atoms with Crippen LogP contribution in [0.4, 0.5) is 4.39 Å². The maximum absolute atomic E-state index is 14.1. The molecule has 23 heavy (non-hydrogen) atoms. The number of benzene rings is 2. The quantitative estimate of drug-likeness (QED) is 0.942. The Morgan fingerprint density at radius 1 is 1.13 bits per heavy atom. The average molecular weight is 311 g/mol. The number of amides is 1. The minimum absolute atomic E-state index is 0.0725. The zero-order chi connectivity index (χ0) is 15.9. The van der Waals surface area contributed by atoms with Gasteiger partial charge < -0.3 is 10.1 Å². The lowest BCUT2D eigenvalue weighted by atomic mass is 9.92. The predicted molar refractivity (Wildman–Crippen MR) is 84.7 cm³/mol. The summed E-state index contributed by atoms with van der Waals surface area (Å²) in [6, 6.07) is 14.3. The van der Waals surface area contributed by atoms with Crippen LogP contribution in [0, 0.1) is 5.82 Å². The molecule has 2 aromatic carbocycles. The molecule has 0 radical (unpaired) electrons. The first-order valence-corrected chi connectivity index (χ1v) is 7.98. The lowest BCUT2D eigenvalue weighted by molar-refractivity contribution is -0.124. The van der Waals surface area contributed by atoms with E-state index in [0.29, 0.717) is 25.0 Å². The van der Waals surface area contributed by atoms with Gasteiger partial charge in [-0.25, -0.2) is 4.39 Å². The van der Waals surface area contributed by atoms with Crippen LogP contribution in [0.15, 0.2) is 48.5 Å². The molecule has 4 rings (SSSR count). The van der Waals surface area contributed by atoms with Gasteiger partial charge in [0.2, 0.25) is 5.91 Å². The molecule has 1 N–H and O–H groups in total. The molecule has 118 valence electrons. The van der Waals surface area contributed by atoms with Crippen LogP contribution in [-0.2, 0) is 10.2 Å². The molecular weight excluding hydrogens is 293 g/mol. The number of halogens is 1. The second kappa shape index (κ2) is 5.37. The second-order valence-electron chi connectivity index (χ2n) is 6.26. The smallest absolute Gasteiger partial charge is 0.231 e. The number of para-hydroxylation sites is 1. The maximum atomic E-state index is 14.1. The van der Waals surface area contributed by atoms with E-state index in [1.807, 2.05) is 24.3 Å². The van der Waals surface area contributed by atoms with Gasteiger partial charge in [0.1, 0.15) is 11.6 Å². The van der Waals surface area contributed by atoms with Crippen molar-refractivity contribution in [2.75, 3.05) is 6.61 Å². The zero-order valence-electron chi connectivity index (χ0n) is 12.7. The van der Waals surface area contributed by atoms with Gasteiger partial charge >= 0.3 is 0 Å². The van der Waals surface area contributed by atoms with E-state index >= 15 is 0 Å². The predicted octanol–water partition coefficient (Wildman–Crippen LogP) is 3.50. The Morgan fingerprint density at radius 3 is 2.65 bits per heavy atom. The van der Waals surface area contributed by atoms with Gasteiger partial charge in [-0.2, -0.15) is 0 Å². The first-order chi connectivity index (χ1) is 11.2. The third-order valence-electron chi connectivity index (χ3n) is 4.84. The summed E-state index contributed by atoms with van der Waals surface area (Å²) in [6.45, 7) is 0.578. The number of carbonyl (C=O) groups is 1. The summed E-state index contributed by atoms with van der Waals surface area (Å²) in [5.41, 5.74) is 0.813. The molecule has 0 bridgehead atoms. The molecular formula is C19H18FNO2. The first kappa shape index (κ1) is 14.2. The van der Waals surface area contributed by atoms with Gasteiger partial charge in [0.05, 0.1) is 18.1 Å². The number of ether oxygens (including phenoxy) is 1. The SMILES string of the molecule is O=C(N[C@@H]1CCOc2ccccc21)C1(c2ccccc2F)CC1. The fourth-order valence-electron chi connectivity index (χ4n) is 3.38. The molecule has 3 nitrogen and oxygen atoms in total. The third-order valence-corrected chi connectivity index (χ3v) is 4.84. The molecule has 1 aliphatic heterocycles. The average Bonchev–Trinajstić information content (AvgIpc) is 3.37. The molecule has 1 amide bonds. The topological polar surface area (TPSA) is 38.3 Å². The van der Waals surface area contributed by atoms with Crippen molar-refractivity contribution in [3.8, 4) is 5.75 Å². The van der Waals surface area contributed by atoms with E-state index < -0.39 is 5.41 Å². The van der Waals surface area contributed by atoms with Crippen molar-refractivity contribution in [3.63, 3.8) is 0 Å². The van der Waals surface area contributed by atoms with E-state index in [9.17, 15) is 9.18 Å². The Morgan fingerprint density at radius 2 is 1.87 bits per heavy atom. The highest BCUT2D eigenvalue weighted by Gasteiger charge is 2.53. The molecule has 0 spiro atoms. The molecule has 4 heteroatoms. The van der Waals surface area contributed by atoms with Crippen LogP contribution in [0.5, 0.6) is 5.75 Å². The summed E-state index contributed by atoms with van der Waals surface area (Å²) < 4.78 is 19.7. The van der Waals surface area contributed by atoms with Crippen LogP contribution >= 0.6 is 0 Å². The van der Waals surface area contributed by atoms with Gasteiger partial charge in [-0.1, -0.05) is 36.4 Å². The van der Waals surface area contributed by atoms with Crippen LogP contribution in [0.3, 0.4) is 0 Å². The summed E-state index contributed by atoms with van der Waals surface area (Å²) in [6.07, 6.45) is 2.13. The Balaban J connectivity index is 1.59. The molecule has 0 unspecified atom stereocenters. The van der Waals surface area contributed by atoms with Crippen LogP contribution in [0.25, 0.3) is 0 Å². The van der Waals surface area contributed by atoms with Gasteiger partial charge in [0, 0.05) is 17.5 Å². The fourth-order valence-corrected chi connectivity index (χ4v) is 3.38. The molecule has 1 saturated carbocycles. The molecule has 1 aliphatic carbocycles. The molecule has 0 saturated heterocycles.